The van der Waals surface area contributed by atoms with Gasteiger partial charge in [-0.2, -0.15) is 0 Å². The van der Waals surface area contributed by atoms with Crippen molar-refractivity contribution in [2.24, 2.45) is 0 Å². The monoisotopic (exact) mass is 254 g/mol. The van der Waals surface area contributed by atoms with Crippen molar-refractivity contribution >= 4 is 17.0 Å². The fourth-order valence-electron chi connectivity index (χ4n) is 2.42. The van der Waals surface area contributed by atoms with Crippen molar-refractivity contribution in [3.8, 4) is 0 Å². The average Bonchev–Trinajstić information content (AvgIpc) is 2.48. The number of anilines is 1. The lowest BCUT2D eigenvalue weighted by Crippen LogP contribution is -2.08. The zero-order valence-corrected chi connectivity index (χ0v) is 11.0. The molecule has 3 rings (SSSR count). The Kier molecular flexibility index (Phi) is 3.68. The van der Waals surface area contributed by atoms with E-state index in [1.165, 1.54) is 25.7 Å². The highest BCUT2D eigenvalue weighted by molar-refractivity contribution is 5.73. The lowest BCUT2D eigenvalue weighted by Gasteiger charge is -2.12. The Hall–Kier alpha value is -1.97. The highest BCUT2D eigenvalue weighted by atomic mass is 15.2. The van der Waals surface area contributed by atoms with Gasteiger partial charge in [-0.05, 0) is 44.2 Å². The summed E-state index contributed by atoms with van der Waals surface area (Å²) in [5, 5.41) is 11.5. The van der Waals surface area contributed by atoms with E-state index in [0.29, 0.717) is 5.95 Å². The standard InChI is InChI=1S/C15H18N4/c1-2-6-12(7-3-1)10-11-16-15-17-13-8-4-5-9-14(13)18-19-15/h4-6,8-9H,1-3,7,10-11H2,(H,16,17,19). The van der Waals surface area contributed by atoms with Crippen molar-refractivity contribution in [3.05, 3.63) is 35.9 Å². The molecule has 98 valence electrons. The first-order chi connectivity index (χ1) is 9.42. The van der Waals surface area contributed by atoms with E-state index in [2.05, 4.69) is 26.6 Å². The number of hydrogen-bond donors (Lipinski definition) is 1. The van der Waals surface area contributed by atoms with Gasteiger partial charge in [0.25, 0.3) is 0 Å². The molecule has 4 heteroatoms. The number of nitrogens with zero attached hydrogens (tertiary/aromatic N) is 3. The minimum Gasteiger partial charge on any atom is -0.353 e. The Morgan fingerprint density at radius 3 is 2.79 bits per heavy atom. The van der Waals surface area contributed by atoms with Gasteiger partial charge in [-0.15, -0.1) is 10.2 Å². The molecular weight excluding hydrogens is 236 g/mol. The molecule has 19 heavy (non-hydrogen) atoms. The van der Waals surface area contributed by atoms with Gasteiger partial charge in [-0.25, -0.2) is 4.98 Å². The topological polar surface area (TPSA) is 50.7 Å². The largest absolute Gasteiger partial charge is 0.353 e. The van der Waals surface area contributed by atoms with Gasteiger partial charge >= 0.3 is 0 Å². The van der Waals surface area contributed by atoms with E-state index in [1.54, 1.807) is 5.57 Å². The van der Waals surface area contributed by atoms with Crippen LogP contribution in [0.5, 0.6) is 0 Å². The van der Waals surface area contributed by atoms with E-state index < -0.39 is 0 Å². The normalized spacial score (nSPS) is 15.3. The van der Waals surface area contributed by atoms with Crippen molar-refractivity contribution < 1.29 is 0 Å². The molecule has 1 aromatic heterocycles. The summed E-state index contributed by atoms with van der Waals surface area (Å²) < 4.78 is 0. The van der Waals surface area contributed by atoms with E-state index in [-0.39, 0.29) is 0 Å². The van der Waals surface area contributed by atoms with Crippen molar-refractivity contribution in [3.63, 3.8) is 0 Å². The molecule has 0 saturated heterocycles. The first-order valence-corrected chi connectivity index (χ1v) is 6.93. The summed E-state index contributed by atoms with van der Waals surface area (Å²) in [6.07, 6.45) is 8.62. The Labute approximate surface area is 113 Å². The molecule has 0 atom stereocenters. The second-order valence-corrected chi connectivity index (χ2v) is 4.91. The van der Waals surface area contributed by atoms with Gasteiger partial charge in [0.1, 0.15) is 5.52 Å². The number of rotatable bonds is 4. The number of hydrogen-bond acceptors (Lipinski definition) is 4. The molecule has 1 aromatic carbocycles. The van der Waals surface area contributed by atoms with Crippen LogP contribution in [0, 0.1) is 0 Å². The maximum Gasteiger partial charge on any atom is 0.243 e. The maximum absolute atomic E-state index is 4.45. The van der Waals surface area contributed by atoms with Gasteiger partial charge in [0.05, 0.1) is 5.52 Å². The van der Waals surface area contributed by atoms with Crippen LogP contribution in [0.2, 0.25) is 0 Å². The molecule has 2 aromatic rings. The summed E-state index contributed by atoms with van der Waals surface area (Å²) >= 11 is 0. The lowest BCUT2D eigenvalue weighted by atomic mass is 9.97. The molecule has 0 unspecified atom stereocenters. The fourth-order valence-corrected chi connectivity index (χ4v) is 2.42. The zero-order chi connectivity index (χ0) is 12.9. The Balaban J connectivity index is 1.60. The molecule has 1 N–H and O–H groups in total. The summed E-state index contributed by atoms with van der Waals surface area (Å²) in [7, 11) is 0. The molecule has 0 amide bonds. The highest BCUT2D eigenvalue weighted by Crippen LogP contribution is 2.19. The van der Waals surface area contributed by atoms with Crippen molar-refractivity contribution in [2.75, 3.05) is 11.9 Å². The summed E-state index contributed by atoms with van der Waals surface area (Å²) in [4.78, 5) is 4.45. The van der Waals surface area contributed by atoms with E-state index in [1.807, 2.05) is 24.3 Å². The van der Waals surface area contributed by atoms with Gasteiger partial charge < -0.3 is 5.32 Å². The minimum absolute atomic E-state index is 0.620. The molecule has 1 heterocycles. The summed E-state index contributed by atoms with van der Waals surface area (Å²) in [5.74, 6) is 0.620. The van der Waals surface area contributed by atoms with Gasteiger partial charge in [0, 0.05) is 6.54 Å². The van der Waals surface area contributed by atoms with Gasteiger partial charge in [-0.1, -0.05) is 23.8 Å². The Morgan fingerprint density at radius 2 is 1.95 bits per heavy atom. The third kappa shape index (κ3) is 3.08. The predicted octanol–water partition coefficient (Wildman–Crippen LogP) is 3.33. The molecule has 1 aliphatic rings. The summed E-state index contributed by atoms with van der Waals surface area (Å²) in [6.45, 7) is 0.881. The second-order valence-electron chi connectivity index (χ2n) is 4.91. The van der Waals surface area contributed by atoms with Crippen molar-refractivity contribution in [1.29, 1.82) is 0 Å². The molecular formula is C15H18N4. The molecule has 0 saturated carbocycles. The predicted molar refractivity (Wildman–Crippen MR) is 77.0 cm³/mol. The molecule has 4 nitrogen and oxygen atoms in total. The van der Waals surface area contributed by atoms with Crippen molar-refractivity contribution in [2.45, 2.75) is 32.1 Å². The van der Waals surface area contributed by atoms with E-state index >= 15 is 0 Å². The smallest absolute Gasteiger partial charge is 0.243 e. The van der Waals surface area contributed by atoms with Crippen LogP contribution in [0.1, 0.15) is 32.1 Å². The average molecular weight is 254 g/mol. The molecule has 0 bridgehead atoms. The minimum atomic E-state index is 0.620. The van der Waals surface area contributed by atoms with E-state index in [4.69, 9.17) is 0 Å². The van der Waals surface area contributed by atoms with Gasteiger partial charge in [-0.3, -0.25) is 0 Å². The van der Waals surface area contributed by atoms with Gasteiger partial charge in [0.15, 0.2) is 0 Å². The highest BCUT2D eigenvalue weighted by Gasteiger charge is 2.04. The molecule has 0 spiro atoms. The first-order valence-electron chi connectivity index (χ1n) is 6.93. The number of fused-ring (bicyclic) bond motifs is 1. The third-order valence-corrected chi connectivity index (χ3v) is 3.47. The number of allylic oxidation sites excluding steroid dienone is 1. The van der Waals surface area contributed by atoms with Crippen LogP contribution in [-0.2, 0) is 0 Å². The second kappa shape index (κ2) is 5.78. The van der Waals surface area contributed by atoms with Crippen LogP contribution in [0.4, 0.5) is 5.95 Å². The van der Waals surface area contributed by atoms with Crippen LogP contribution < -0.4 is 5.32 Å². The van der Waals surface area contributed by atoms with Crippen LogP contribution in [0.25, 0.3) is 11.0 Å². The Bertz CT molecular complexity index is 591. The molecule has 0 radical (unpaired) electrons. The Morgan fingerprint density at radius 1 is 1.05 bits per heavy atom. The van der Waals surface area contributed by atoms with Gasteiger partial charge in [0.2, 0.25) is 5.95 Å². The SMILES string of the molecule is C1=C(CCNc2nnc3ccccc3n2)CCCC1. The summed E-state index contributed by atoms with van der Waals surface area (Å²) in [6, 6.07) is 7.79. The molecule has 0 aliphatic heterocycles. The zero-order valence-electron chi connectivity index (χ0n) is 11.0. The maximum atomic E-state index is 4.45. The number of aromatic nitrogens is 3. The first kappa shape index (κ1) is 12.1. The van der Waals surface area contributed by atoms with Crippen LogP contribution in [0.3, 0.4) is 0 Å². The van der Waals surface area contributed by atoms with E-state index in [0.717, 1.165) is 24.0 Å². The number of para-hydroxylation sites is 1. The van der Waals surface area contributed by atoms with Crippen molar-refractivity contribution in [1.82, 2.24) is 15.2 Å². The third-order valence-electron chi connectivity index (χ3n) is 3.47. The number of nitrogens with one attached hydrogen (secondary N) is 1. The number of benzene rings is 1. The summed E-state index contributed by atoms with van der Waals surface area (Å²) in [5.41, 5.74) is 3.28. The van der Waals surface area contributed by atoms with Crippen LogP contribution in [0.15, 0.2) is 35.9 Å². The van der Waals surface area contributed by atoms with Crippen LogP contribution >= 0.6 is 0 Å². The quantitative estimate of drug-likeness (QED) is 0.850. The van der Waals surface area contributed by atoms with E-state index in [9.17, 15) is 0 Å². The molecule has 0 fully saturated rings. The fraction of sp³-hybridized carbons (Fsp3) is 0.400. The van der Waals surface area contributed by atoms with Crippen LogP contribution in [-0.4, -0.2) is 21.7 Å². The molecule has 1 aliphatic carbocycles. The lowest BCUT2D eigenvalue weighted by molar-refractivity contribution is 0.679.